The maximum absolute atomic E-state index is 9.44. The zero-order valence-electron chi connectivity index (χ0n) is 8.13. The Balaban J connectivity index is 2.86. The molecule has 0 amide bonds. The molecule has 0 saturated carbocycles. The van der Waals surface area contributed by atoms with Crippen LogP contribution in [0.5, 0.6) is 0 Å². The standard InChI is InChI=1S/C10H18O2/c1-5-10(6-2)8(4)7(3)9(11)12-10/h8-9,11H,3,5-6H2,1-2,4H3. The first-order valence-corrected chi connectivity index (χ1v) is 4.62. The van der Waals surface area contributed by atoms with Crippen molar-refractivity contribution >= 4 is 0 Å². The Morgan fingerprint density at radius 2 is 2.00 bits per heavy atom. The maximum Gasteiger partial charge on any atom is 0.177 e. The lowest BCUT2D eigenvalue weighted by atomic mass is 9.82. The van der Waals surface area contributed by atoms with Crippen molar-refractivity contribution in [3.8, 4) is 0 Å². The van der Waals surface area contributed by atoms with E-state index in [0.29, 0.717) is 0 Å². The first kappa shape index (κ1) is 9.75. The van der Waals surface area contributed by atoms with E-state index in [1.807, 2.05) is 0 Å². The molecule has 0 aromatic heterocycles. The monoisotopic (exact) mass is 170 g/mol. The zero-order valence-corrected chi connectivity index (χ0v) is 8.13. The van der Waals surface area contributed by atoms with Gasteiger partial charge in [0.15, 0.2) is 6.29 Å². The summed E-state index contributed by atoms with van der Waals surface area (Å²) in [6.45, 7) is 10.1. The molecular formula is C10H18O2. The van der Waals surface area contributed by atoms with Gasteiger partial charge in [0.1, 0.15) is 0 Å². The van der Waals surface area contributed by atoms with Crippen molar-refractivity contribution in [1.82, 2.24) is 0 Å². The number of hydrogen-bond acceptors (Lipinski definition) is 2. The number of rotatable bonds is 2. The highest BCUT2D eigenvalue weighted by molar-refractivity contribution is 5.15. The van der Waals surface area contributed by atoms with E-state index in [0.717, 1.165) is 18.4 Å². The Labute approximate surface area is 74.2 Å². The van der Waals surface area contributed by atoms with Crippen LogP contribution in [0.3, 0.4) is 0 Å². The highest BCUT2D eigenvalue weighted by Gasteiger charge is 2.45. The quantitative estimate of drug-likeness (QED) is 0.643. The molecule has 1 fully saturated rings. The molecule has 0 aromatic carbocycles. The van der Waals surface area contributed by atoms with E-state index < -0.39 is 6.29 Å². The van der Waals surface area contributed by atoms with Crippen molar-refractivity contribution in [2.24, 2.45) is 5.92 Å². The van der Waals surface area contributed by atoms with E-state index in [9.17, 15) is 5.11 Å². The molecule has 1 N–H and O–H groups in total. The Kier molecular flexibility index (Phi) is 2.59. The normalized spacial score (nSPS) is 34.2. The second-order valence-electron chi connectivity index (χ2n) is 3.54. The first-order valence-electron chi connectivity index (χ1n) is 4.62. The Morgan fingerprint density at radius 1 is 1.50 bits per heavy atom. The summed E-state index contributed by atoms with van der Waals surface area (Å²) in [5, 5.41) is 9.44. The van der Waals surface area contributed by atoms with Crippen LogP contribution in [-0.2, 0) is 4.74 Å². The molecule has 0 radical (unpaired) electrons. The SMILES string of the molecule is C=C1C(O)OC(CC)(CC)C1C. The van der Waals surface area contributed by atoms with Gasteiger partial charge in [-0.25, -0.2) is 0 Å². The van der Waals surface area contributed by atoms with Gasteiger partial charge in [-0.3, -0.25) is 0 Å². The van der Waals surface area contributed by atoms with Gasteiger partial charge in [0.2, 0.25) is 0 Å². The van der Waals surface area contributed by atoms with Crippen LogP contribution in [-0.4, -0.2) is 17.0 Å². The van der Waals surface area contributed by atoms with Crippen LogP contribution >= 0.6 is 0 Å². The average Bonchev–Trinajstić information content (AvgIpc) is 2.30. The smallest absolute Gasteiger partial charge is 0.177 e. The minimum absolute atomic E-state index is 0.170. The number of ether oxygens (including phenoxy) is 1. The summed E-state index contributed by atoms with van der Waals surface area (Å²) in [5.41, 5.74) is 0.648. The molecule has 2 nitrogen and oxygen atoms in total. The van der Waals surface area contributed by atoms with Gasteiger partial charge in [0.05, 0.1) is 5.60 Å². The molecule has 1 saturated heterocycles. The molecule has 0 bridgehead atoms. The zero-order chi connectivity index (χ0) is 9.35. The van der Waals surface area contributed by atoms with Gasteiger partial charge >= 0.3 is 0 Å². The highest BCUT2D eigenvalue weighted by atomic mass is 16.6. The lowest BCUT2D eigenvalue weighted by molar-refractivity contribution is -0.138. The minimum atomic E-state index is -0.750. The number of aliphatic hydroxyl groups excluding tert-OH is 1. The van der Waals surface area contributed by atoms with E-state index in [1.165, 1.54) is 0 Å². The second kappa shape index (κ2) is 3.19. The molecule has 2 heteroatoms. The van der Waals surface area contributed by atoms with Crippen LogP contribution in [0.2, 0.25) is 0 Å². The van der Waals surface area contributed by atoms with E-state index in [4.69, 9.17) is 4.74 Å². The molecular weight excluding hydrogens is 152 g/mol. The van der Waals surface area contributed by atoms with Gasteiger partial charge in [-0.05, 0) is 18.4 Å². The average molecular weight is 170 g/mol. The van der Waals surface area contributed by atoms with Gasteiger partial charge in [0.25, 0.3) is 0 Å². The van der Waals surface area contributed by atoms with Gasteiger partial charge in [-0.1, -0.05) is 27.4 Å². The Hall–Kier alpha value is -0.340. The summed E-state index contributed by atoms with van der Waals surface area (Å²) < 4.78 is 5.53. The summed E-state index contributed by atoms with van der Waals surface area (Å²) in [4.78, 5) is 0. The molecule has 2 unspecified atom stereocenters. The first-order chi connectivity index (χ1) is 5.57. The van der Waals surface area contributed by atoms with E-state index in [2.05, 4.69) is 27.4 Å². The van der Waals surface area contributed by atoms with Crippen LogP contribution in [0.4, 0.5) is 0 Å². The van der Waals surface area contributed by atoms with Crippen LogP contribution < -0.4 is 0 Å². The third-order valence-corrected chi connectivity index (χ3v) is 3.21. The van der Waals surface area contributed by atoms with Gasteiger partial charge in [0, 0.05) is 5.92 Å². The summed E-state index contributed by atoms with van der Waals surface area (Å²) in [5.74, 6) is 0.266. The van der Waals surface area contributed by atoms with Gasteiger partial charge in [-0.15, -0.1) is 0 Å². The van der Waals surface area contributed by atoms with Crippen molar-refractivity contribution in [2.75, 3.05) is 0 Å². The molecule has 1 rings (SSSR count). The fourth-order valence-corrected chi connectivity index (χ4v) is 1.98. The predicted octanol–water partition coefficient (Wildman–Crippen LogP) is 2.09. The van der Waals surface area contributed by atoms with Crippen LogP contribution in [0, 0.1) is 5.92 Å². The third-order valence-electron chi connectivity index (χ3n) is 3.21. The fourth-order valence-electron chi connectivity index (χ4n) is 1.98. The molecule has 1 heterocycles. The topological polar surface area (TPSA) is 29.5 Å². The third kappa shape index (κ3) is 1.19. The van der Waals surface area contributed by atoms with Gasteiger partial charge < -0.3 is 9.84 Å². The van der Waals surface area contributed by atoms with E-state index >= 15 is 0 Å². The molecule has 12 heavy (non-hydrogen) atoms. The molecule has 1 aliphatic rings. The second-order valence-corrected chi connectivity index (χ2v) is 3.54. The van der Waals surface area contributed by atoms with E-state index in [-0.39, 0.29) is 11.5 Å². The summed E-state index contributed by atoms with van der Waals surface area (Å²) >= 11 is 0. The van der Waals surface area contributed by atoms with Crippen LogP contribution in [0.1, 0.15) is 33.6 Å². The lowest BCUT2D eigenvalue weighted by Gasteiger charge is -2.29. The van der Waals surface area contributed by atoms with Crippen molar-refractivity contribution in [2.45, 2.75) is 45.5 Å². The van der Waals surface area contributed by atoms with Crippen LogP contribution in [0.25, 0.3) is 0 Å². The fraction of sp³-hybridized carbons (Fsp3) is 0.800. The highest BCUT2D eigenvalue weighted by Crippen LogP contribution is 2.42. The molecule has 0 spiro atoms. The largest absolute Gasteiger partial charge is 0.364 e. The maximum atomic E-state index is 9.44. The van der Waals surface area contributed by atoms with Crippen molar-refractivity contribution in [3.63, 3.8) is 0 Å². The van der Waals surface area contributed by atoms with Gasteiger partial charge in [-0.2, -0.15) is 0 Å². The number of hydrogen-bond donors (Lipinski definition) is 1. The number of aliphatic hydroxyl groups is 1. The van der Waals surface area contributed by atoms with Crippen molar-refractivity contribution < 1.29 is 9.84 Å². The summed E-state index contributed by atoms with van der Waals surface area (Å²) in [6.07, 6.45) is 1.11. The minimum Gasteiger partial charge on any atom is -0.364 e. The van der Waals surface area contributed by atoms with Crippen LogP contribution in [0.15, 0.2) is 12.2 Å². The molecule has 0 aromatic rings. The summed E-state index contributed by atoms with van der Waals surface area (Å²) in [7, 11) is 0. The Bertz CT molecular complexity index is 182. The molecule has 2 atom stereocenters. The molecule has 0 aliphatic carbocycles. The Morgan fingerprint density at radius 3 is 2.17 bits per heavy atom. The summed E-state index contributed by atoms with van der Waals surface area (Å²) in [6, 6.07) is 0. The lowest BCUT2D eigenvalue weighted by Crippen LogP contribution is -2.32. The van der Waals surface area contributed by atoms with E-state index in [1.54, 1.807) is 0 Å². The predicted molar refractivity (Wildman–Crippen MR) is 48.7 cm³/mol. The molecule has 1 aliphatic heterocycles. The van der Waals surface area contributed by atoms with Crippen molar-refractivity contribution in [1.29, 1.82) is 0 Å². The molecule has 70 valence electrons. The van der Waals surface area contributed by atoms with Crippen molar-refractivity contribution in [3.05, 3.63) is 12.2 Å².